The Labute approximate surface area is 172 Å². The van der Waals surface area contributed by atoms with Crippen molar-refractivity contribution < 1.29 is 32.6 Å². The van der Waals surface area contributed by atoms with E-state index in [0.29, 0.717) is 28.0 Å². The normalized spacial score (nSPS) is 11.8. The Morgan fingerprint density at radius 1 is 1.10 bits per heavy atom. The van der Waals surface area contributed by atoms with E-state index in [0.717, 1.165) is 5.56 Å². The number of ether oxygens (including phenoxy) is 3. The van der Waals surface area contributed by atoms with Gasteiger partial charge in [-0.25, -0.2) is 9.18 Å². The van der Waals surface area contributed by atoms with Gasteiger partial charge in [-0.1, -0.05) is 6.07 Å². The molecule has 2 aromatic carbocycles. The van der Waals surface area contributed by atoms with E-state index in [1.165, 1.54) is 39.3 Å². The van der Waals surface area contributed by atoms with E-state index in [2.05, 4.69) is 5.32 Å². The molecule has 8 heteroatoms. The Morgan fingerprint density at radius 3 is 2.53 bits per heavy atom. The summed E-state index contributed by atoms with van der Waals surface area (Å²) in [5.41, 5.74) is 1.61. The van der Waals surface area contributed by atoms with Crippen LogP contribution < -0.4 is 14.8 Å². The number of hydrogen-bond acceptors (Lipinski definition) is 6. The molecule has 1 aromatic heterocycles. The van der Waals surface area contributed by atoms with Gasteiger partial charge in [-0.2, -0.15) is 0 Å². The third-order valence-corrected chi connectivity index (χ3v) is 4.65. The molecule has 1 atom stereocenters. The summed E-state index contributed by atoms with van der Waals surface area (Å²) in [4.78, 5) is 24.8. The number of carbonyl (C=O) groups excluding carboxylic acids is 2. The molecule has 0 aliphatic heterocycles. The lowest BCUT2D eigenvalue weighted by molar-refractivity contribution is -0.129. The fourth-order valence-corrected chi connectivity index (χ4v) is 2.98. The Morgan fingerprint density at radius 2 is 1.83 bits per heavy atom. The number of methoxy groups -OCH3 is 2. The molecule has 1 amide bonds. The molecule has 3 rings (SSSR count). The average Bonchev–Trinajstić information content (AvgIpc) is 3.07. The highest BCUT2D eigenvalue weighted by molar-refractivity contribution is 5.97. The van der Waals surface area contributed by atoms with Gasteiger partial charge in [0, 0.05) is 17.5 Å². The maximum atomic E-state index is 13.4. The van der Waals surface area contributed by atoms with Gasteiger partial charge in [0.15, 0.2) is 17.6 Å². The molecule has 158 valence electrons. The SMILES string of the molecule is COc1ccc(CNC(=O)[C@@H](C)OC(=O)c2oc3ccc(F)cc3c2C)cc1OC. The van der Waals surface area contributed by atoms with Gasteiger partial charge in [-0.3, -0.25) is 4.79 Å². The number of carbonyl (C=O) groups is 2. The third-order valence-electron chi connectivity index (χ3n) is 4.65. The van der Waals surface area contributed by atoms with E-state index in [9.17, 15) is 14.0 Å². The van der Waals surface area contributed by atoms with Crippen LogP contribution in [0.4, 0.5) is 4.39 Å². The fraction of sp³-hybridized carbons (Fsp3) is 0.273. The Balaban J connectivity index is 1.63. The van der Waals surface area contributed by atoms with Crippen molar-refractivity contribution in [1.82, 2.24) is 5.32 Å². The predicted octanol–water partition coefficient (Wildman–Crippen LogP) is 3.76. The fourth-order valence-electron chi connectivity index (χ4n) is 2.98. The molecule has 3 aromatic rings. The standard InChI is InChI=1S/C22H22FNO6/c1-12-16-10-15(23)6-8-17(16)30-20(12)22(26)29-13(2)21(25)24-11-14-5-7-18(27-3)19(9-14)28-4/h5-10,13H,11H2,1-4H3,(H,24,25)/t13-/m1/s1. The number of esters is 1. The quantitative estimate of drug-likeness (QED) is 0.592. The van der Waals surface area contributed by atoms with Crippen LogP contribution in [-0.2, 0) is 16.1 Å². The van der Waals surface area contributed by atoms with Gasteiger partial charge < -0.3 is 23.9 Å². The second kappa shape index (κ2) is 8.86. The van der Waals surface area contributed by atoms with Gasteiger partial charge in [0.1, 0.15) is 11.4 Å². The van der Waals surface area contributed by atoms with E-state index in [1.54, 1.807) is 25.1 Å². The van der Waals surface area contributed by atoms with Crippen LogP contribution in [0.3, 0.4) is 0 Å². The van der Waals surface area contributed by atoms with Crippen LogP contribution in [0.1, 0.15) is 28.6 Å². The molecule has 0 bridgehead atoms. The van der Waals surface area contributed by atoms with Crippen molar-refractivity contribution in [3.63, 3.8) is 0 Å². The van der Waals surface area contributed by atoms with Crippen molar-refractivity contribution in [2.24, 2.45) is 0 Å². The zero-order valence-electron chi connectivity index (χ0n) is 17.1. The van der Waals surface area contributed by atoms with E-state index >= 15 is 0 Å². The van der Waals surface area contributed by atoms with Gasteiger partial charge in [0.2, 0.25) is 5.76 Å². The zero-order valence-corrected chi connectivity index (χ0v) is 17.1. The smallest absolute Gasteiger partial charge is 0.375 e. The first-order valence-electron chi connectivity index (χ1n) is 9.22. The van der Waals surface area contributed by atoms with Gasteiger partial charge in [0.05, 0.1) is 14.2 Å². The van der Waals surface area contributed by atoms with Gasteiger partial charge in [-0.05, 0) is 49.7 Å². The maximum absolute atomic E-state index is 13.4. The molecular formula is C22H22FNO6. The van der Waals surface area contributed by atoms with Gasteiger partial charge in [-0.15, -0.1) is 0 Å². The van der Waals surface area contributed by atoms with Crippen LogP contribution in [0, 0.1) is 12.7 Å². The molecule has 0 fully saturated rings. The lowest BCUT2D eigenvalue weighted by atomic mass is 10.1. The van der Waals surface area contributed by atoms with Crippen LogP contribution in [0.5, 0.6) is 11.5 Å². The second-order valence-corrected chi connectivity index (χ2v) is 6.65. The number of halogens is 1. The van der Waals surface area contributed by atoms with Gasteiger partial charge in [0.25, 0.3) is 5.91 Å². The topological polar surface area (TPSA) is 87.0 Å². The van der Waals surface area contributed by atoms with E-state index in [1.807, 2.05) is 0 Å². The van der Waals surface area contributed by atoms with Crippen molar-refractivity contribution in [2.45, 2.75) is 26.5 Å². The molecule has 1 N–H and O–H groups in total. The van der Waals surface area contributed by atoms with Crippen molar-refractivity contribution in [3.05, 3.63) is 59.1 Å². The number of furan rings is 1. The lowest BCUT2D eigenvalue weighted by Crippen LogP contribution is -2.35. The molecule has 0 spiro atoms. The van der Waals surface area contributed by atoms with Crippen LogP contribution >= 0.6 is 0 Å². The van der Waals surface area contributed by atoms with Crippen LogP contribution in [0.25, 0.3) is 11.0 Å². The number of aryl methyl sites for hydroxylation is 1. The average molecular weight is 415 g/mol. The molecule has 0 radical (unpaired) electrons. The summed E-state index contributed by atoms with van der Waals surface area (Å²) < 4.78 is 34.5. The first-order chi connectivity index (χ1) is 14.3. The minimum Gasteiger partial charge on any atom is -0.493 e. The number of rotatable bonds is 7. The van der Waals surface area contributed by atoms with E-state index in [4.69, 9.17) is 18.6 Å². The molecule has 1 heterocycles. The highest BCUT2D eigenvalue weighted by Crippen LogP contribution is 2.28. The monoisotopic (exact) mass is 415 g/mol. The van der Waals surface area contributed by atoms with Crippen molar-refractivity contribution in [1.29, 1.82) is 0 Å². The zero-order chi connectivity index (χ0) is 21.8. The molecule has 30 heavy (non-hydrogen) atoms. The van der Waals surface area contributed by atoms with Crippen LogP contribution in [0.2, 0.25) is 0 Å². The Hall–Kier alpha value is -3.55. The maximum Gasteiger partial charge on any atom is 0.375 e. The summed E-state index contributed by atoms with van der Waals surface area (Å²) in [5, 5.41) is 3.18. The number of amides is 1. The first kappa shape index (κ1) is 21.2. The lowest BCUT2D eigenvalue weighted by Gasteiger charge is -2.14. The van der Waals surface area contributed by atoms with Crippen molar-refractivity contribution >= 4 is 22.8 Å². The molecule has 0 unspecified atom stereocenters. The third kappa shape index (κ3) is 4.37. The van der Waals surface area contributed by atoms with Gasteiger partial charge >= 0.3 is 5.97 Å². The minimum atomic E-state index is -1.05. The summed E-state index contributed by atoms with van der Waals surface area (Å²) in [6.07, 6.45) is -1.05. The summed E-state index contributed by atoms with van der Waals surface area (Å²) in [6.45, 7) is 3.30. The van der Waals surface area contributed by atoms with Crippen LogP contribution in [0.15, 0.2) is 40.8 Å². The molecule has 0 saturated carbocycles. The number of fused-ring (bicyclic) bond motifs is 1. The summed E-state index contributed by atoms with van der Waals surface area (Å²) in [5.74, 6) is -0.642. The summed E-state index contributed by atoms with van der Waals surface area (Å²) >= 11 is 0. The largest absolute Gasteiger partial charge is 0.493 e. The van der Waals surface area contributed by atoms with E-state index in [-0.39, 0.29) is 12.3 Å². The second-order valence-electron chi connectivity index (χ2n) is 6.65. The number of benzene rings is 2. The van der Waals surface area contributed by atoms with Crippen LogP contribution in [-0.4, -0.2) is 32.2 Å². The summed E-state index contributed by atoms with van der Waals surface area (Å²) in [7, 11) is 3.06. The van der Waals surface area contributed by atoms with E-state index < -0.39 is 23.8 Å². The Bertz CT molecular complexity index is 1090. The summed E-state index contributed by atoms with van der Waals surface area (Å²) in [6, 6.07) is 9.22. The van der Waals surface area contributed by atoms with Crippen molar-refractivity contribution in [2.75, 3.05) is 14.2 Å². The highest BCUT2D eigenvalue weighted by Gasteiger charge is 2.24. The molecule has 7 nitrogen and oxygen atoms in total. The van der Waals surface area contributed by atoms with Crippen molar-refractivity contribution in [3.8, 4) is 11.5 Å². The number of hydrogen-bond donors (Lipinski definition) is 1. The Kier molecular flexibility index (Phi) is 6.25. The first-order valence-corrected chi connectivity index (χ1v) is 9.22. The molecule has 0 saturated heterocycles. The predicted molar refractivity (Wildman–Crippen MR) is 107 cm³/mol. The minimum absolute atomic E-state index is 0.0601. The molecule has 0 aliphatic carbocycles. The highest BCUT2D eigenvalue weighted by atomic mass is 19.1. The molecule has 0 aliphatic rings. The molecular weight excluding hydrogens is 393 g/mol. The number of nitrogens with one attached hydrogen (secondary N) is 1.